The number of nitrogens with zero attached hydrogens (tertiary/aromatic N) is 3. The minimum absolute atomic E-state index is 0.00613. The van der Waals surface area contributed by atoms with Gasteiger partial charge < -0.3 is 26.3 Å². The summed E-state index contributed by atoms with van der Waals surface area (Å²) in [5, 5.41) is 14.5. The molecular weight excluding hydrogens is 356 g/mol. The van der Waals surface area contributed by atoms with Crippen molar-refractivity contribution in [3.8, 4) is 0 Å². The van der Waals surface area contributed by atoms with E-state index in [0.717, 1.165) is 7.11 Å². The molecule has 0 aliphatic carbocycles. The summed E-state index contributed by atoms with van der Waals surface area (Å²) in [6, 6.07) is 6.05. The molecule has 0 amide bonds. The lowest BCUT2D eigenvalue weighted by molar-refractivity contribution is -0.385. The molecule has 11 heteroatoms. The number of fused-ring (bicyclic) bond motifs is 1. The number of nitrogen functional groups attached to an aromatic ring is 2. The van der Waals surface area contributed by atoms with Gasteiger partial charge in [-0.3, -0.25) is 10.1 Å². The van der Waals surface area contributed by atoms with Crippen LogP contribution < -0.4 is 16.8 Å². The molecule has 140 valence electrons. The quantitative estimate of drug-likeness (QED) is 0.412. The molecule has 1 aromatic heterocycles. The van der Waals surface area contributed by atoms with Crippen LogP contribution in [0.4, 0.5) is 28.1 Å². The average Bonchev–Trinajstić information content (AvgIpc) is 2.62. The van der Waals surface area contributed by atoms with E-state index >= 15 is 0 Å². The molecule has 27 heavy (non-hydrogen) atoms. The maximum atomic E-state index is 11.7. The van der Waals surface area contributed by atoms with E-state index in [1.165, 1.54) is 12.1 Å². The maximum absolute atomic E-state index is 11.7. The molecular formula is C16H16N6O5. The van der Waals surface area contributed by atoms with Crippen molar-refractivity contribution >= 4 is 29.4 Å². The highest BCUT2D eigenvalue weighted by molar-refractivity contribution is 5.72. The van der Waals surface area contributed by atoms with Crippen LogP contribution in [0.2, 0.25) is 0 Å². The number of benzene rings is 1. The predicted octanol–water partition coefficient (Wildman–Crippen LogP) is 2.12. The van der Waals surface area contributed by atoms with Gasteiger partial charge in [-0.15, -0.1) is 0 Å². The summed E-state index contributed by atoms with van der Waals surface area (Å²) in [6.07, 6.45) is -0.979. The van der Waals surface area contributed by atoms with Crippen LogP contribution in [0.5, 0.6) is 0 Å². The Bertz CT molecular complexity index is 974. The number of rotatable bonds is 3. The van der Waals surface area contributed by atoms with Crippen molar-refractivity contribution < 1.29 is 19.2 Å². The summed E-state index contributed by atoms with van der Waals surface area (Å²) in [5.74, 6) is -0.610. The van der Waals surface area contributed by atoms with E-state index < -0.39 is 17.0 Å². The van der Waals surface area contributed by atoms with Gasteiger partial charge in [0.1, 0.15) is 17.4 Å². The molecule has 1 aromatic carbocycles. The van der Waals surface area contributed by atoms with Crippen molar-refractivity contribution in [3.05, 3.63) is 57.0 Å². The summed E-state index contributed by atoms with van der Waals surface area (Å²) < 4.78 is 9.85. The van der Waals surface area contributed by atoms with Gasteiger partial charge in [-0.25, -0.2) is 4.79 Å². The molecule has 1 aliphatic heterocycles. The largest absolute Gasteiger partial charge is 0.513 e. The van der Waals surface area contributed by atoms with Crippen molar-refractivity contribution in [2.45, 2.75) is 12.8 Å². The summed E-state index contributed by atoms with van der Waals surface area (Å²) in [6.45, 7) is 1.62. The number of anilines is 3. The normalized spacial score (nSPS) is 15.6. The maximum Gasteiger partial charge on any atom is 0.513 e. The number of para-hydroxylation sites is 1. The second-order valence-corrected chi connectivity index (χ2v) is 5.65. The molecule has 5 N–H and O–H groups in total. The highest BCUT2D eigenvalue weighted by Gasteiger charge is 2.38. The fourth-order valence-corrected chi connectivity index (χ4v) is 2.93. The summed E-state index contributed by atoms with van der Waals surface area (Å²) in [4.78, 5) is 30.8. The van der Waals surface area contributed by atoms with Crippen molar-refractivity contribution in [3.63, 3.8) is 0 Å². The number of carbonyl (C=O) groups excluding carboxylic acids is 1. The zero-order valence-corrected chi connectivity index (χ0v) is 14.4. The van der Waals surface area contributed by atoms with Crippen LogP contribution in [-0.2, 0) is 9.47 Å². The van der Waals surface area contributed by atoms with Gasteiger partial charge >= 0.3 is 6.16 Å². The third kappa shape index (κ3) is 3.17. The number of hydrogen-bond acceptors (Lipinski definition) is 10. The van der Waals surface area contributed by atoms with E-state index in [0.29, 0.717) is 11.3 Å². The molecule has 0 radical (unpaired) electrons. The number of allylic oxidation sites excluding steroid dienone is 2. The molecule has 0 bridgehead atoms. The van der Waals surface area contributed by atoms with E-state index in [1.807, 2.05) is 0 Å². The second-order valence-electron chi connectivity index (χ2n) is 5.65. The molecule has 0 saturated heterocycles. The van der Waals surface area contributed by atoms with Crippen LogP contribution in [0.1, 0.15) is 24.0 Å². The zero-order chi connectivity index (χ0) is 19.7. The molecule has 11 nitrogen and oxygen atoms in total. The van der Waals surface area contributed by atoms with Gasteiger partial charge in [0.15, 0.2) is 0 Å². The van der Waals surface area contributed by atoms with Gasteiger partial charge in [0, 0.05) is 11.6 Å². The first-order chi connectivity index (χ1) is 12.8. The molecule has 1 unspecified atom stereocenters. The lowest BCUT2D eigenvalue weighted by atomic mass is 9.86. The van der Waals surface area contributed by atoms with Gasteiger partial charge in [-0.1, -0.05) is 18.2 Å². The van der Waals surface area contributed by atoms with Gasteiger partial charge in [-0.2, -0.15) is 9.97 Å². The predicted molar refractivity (Wildman–Crippen MR) is 95.6 cm³/mol. The Morgan fingerprint density at radius 2 is 2.00 bits per heavy atom. The van der Waals surface area contributed by atoms with Crippen LogP contribution in [0.15, 0.2) is 35.7 Å². The van der Waals surface area contributed by atoms with Crippen LogP contribution in [-0.4, -0.2) is 28.2 Å². The number of methoxy groups -OCH3 is 1. The second kappa shape index (κ2) is 6.78. The van der Waals surface area contributed by atoms with Gasteiger partial charge in [0.2, 0.25) is 5.95 Å². The molecule has 1 aliphatic rings. The highest BCUT2D eigenvalue weighted by atomic mass is 16.7. The smallest absolute Gasteiger partial charge is 0.437 e. The topological polar surface area (TPSA) is 169 Å². The first-order valence-electron chi connectivity index (χ1n) is 7.73. The van der Waals surface area contributed by atoms with Crippen LogP contribution in [0, 0.1) is 10.1 Å². The van der Waals surface area contributed by atoms with E-state index in [1.54, 1.807) is 19.1 Å². The van der Waals surface area contributed by atoms with Crippen molar-refractivity contribution in [1.29, 1.82) is 0 Å². The Hall–Kier alpha value is -3.89. The summed E-state index contributed by atoms with van der Waals surface area (Å²) in [5.41, 5.74) is 12.5. The summed E-state index contributed by atoms with van der Waals surface area (Å²) in [7, 11) is 1.15. The molecule has 3 rings (SSSR count). The molecule has 2 heterocycles. The number of ether oxygens (including phenoxy) is 2. The van der Waals surface area contributed by atoms with E-state index in [4.69, 9.17) is 16.2 Å². The van der Waals surface area contributed by atoms with Gasteiger partial charge in [0.05, 0.1) is 29.2 Å². The third-order valence-corrected chi connectivity index (χ3v) is 4.02. The lowest BCUT2D eigenvalue weighted by Crippen LogP contribution is -2.25. The van der Waals surface area contributed by atoms with Crippen LogP contribution in [0.3, 0.4) is 0 Å². The monoisotopic (exact) mass is 372 g/mol. The number of nitro benzene ring substituents is 1. The highest BCUT2D eigenvalue weighted by Crippen LogP contribution is 2.46. The SMILES string of the molecule is COC(=O)OC1=C(C)Nc2nc(N)nc(N)c2C1c1ccccc1[N+](=O)[O-]. The molecule has 1 atom stereocenters. The molecule has 2 aromatic rings. The van der Waals surface area contributed by atoms with Crippen LogP contribution >= 0.6 is 0 Å². The first-order valence-corrected chi connectivity index (χ1v) is 7.73. The minimum Gasteiger partial charge on any atom is -0.437 e. The molecule has 0 spiro atoms. The lowest BCUT2D eigenvalue weighted by Gasteiger charge is -2.29. The van der Waals surface area contributed by atoms with Crippen molar-refractivity contribution in [2.24, 2.45) is 0 Å². The fraction of sp³-hybridized carbons (Fsp3) is 0.188. The third-order valence-electron chi connectivity index (χ3n) is 4.02. The van der Waals surface area contributed by atoms with Gasteiger partial charge in [-0.05, 0) is 6.92 Å². The first kappa shape index (κ1) is 17.9. The molecule has 0 fully saturated rings. The Balaban J connectivity index is 2.29. The van der Waals surface area contributed by atoms with Crippen LogP contribution in [0.25, 0.3) is 0 Å². The number of nitrogens with two attached hydrogens (primary N) is 2. The van der Waals surface area contributed by atoms with Crippen molar-refractivity contribution in [2.75, 3.05) is 23.9 Å². The van der Waals surface area contributed by atoms with Gasteiger partial charge in [0.25, 0.3) is 5.69 Å². The molecule has 0 saturated carbocycles. The summed E-state index contributed by atoms with van der Waals surface area (Å²) >= 11 is 0. The minimum atomic E-state index is -0.979. The number of nitrogens with one attached hydrogen (secondary N) is 1. The fourth-order valence-electron chi connectivity index (χ4n) is 2.93. The van der Waals surface area contributed by atoms with E-state index in [-0.39, 0.29) is 34.6 Å². The Morgan fingerprint density at radius 1 is 1.30 bits per heavy atom. The number of nitro groups is 1. The Morgan fingerprint density at radius 3 is 2.67 bits per heavy atom. The Labute approximate surface area is 153 Å². The number of carbonyl (C=O) groups is 1. The average molecular weight is 372 g/mol. The van der Waals surface area contributed by atoms with Crippen molar-refractivity contribution in [1.82, 2.24) is 9.97 Å². The number of hydrogen-bond donors (Lipinski definition) is 3. The zero-order valence-electron chi connectivity index (χ0n) is 14.4. The van der Waals surface area contributed by atoms with E-state index in [9.17, 15) is 14.9 Å². The number of aromatic nitrogens is 2. The Kier molecular flexibility index (Phi) is 4.50. The van der Waals surface area contributed by atoms with E-state index in [2.05, 4.69) is 20.0 Å². The standard InChI is InChI=1S/C16H16N6O5/c1-7-12(27-16(23)26-2)10(8-5-3-4-6-9(8)22(24)25)11-13(17)20-15(18)21-14(11)19-7/h3-6,10H,1-2H3,(H5,17,18,19,20,21).